The van der Waals surface area contributed by atoms with Crippen molar-refractivity contribution in [1.82, 2.24) is 14.1 Å². The Hall–Kier alpha value is -1.44. The highest BCUT2D eigenvalue weighted by Crippen LogP contribution is 2.28. The molecule has 0 radical (unpaired) electrons. The van der Waals surface area contributed by atoms with Crippen molar-refractivity contribution >= 4 is 15.9 Å². The zero-order valence-corrected chi connectivity index (χ0v) is 17.0. The normalized spacial score (nSPS) is 20.1. The van der Waals surface area contributed by atoms with Crippen LogP contribution in [0.1, 0.15) is 39.0 Å². The molecule has 3 rings (SSSR count). The van der Waals surface area contributed by atoms with Crippen LogP contribution in [0.15, 0.2) is 35.2 Å². The Balaban J connectivity index is 1.77. The Morgan fingerprint density at radius 1 is 1.04 bits per heavy atom. The molecule has 1 saturated heterocycles. The van der Waals surface area contributed by atoms with Gasteiger partial charge in [0.15, 0.2) is 0 Å². The summed E-state index contributed by atoms with van der Waals surface area (Å²) in [7, 11) is -3.67. The van der Waals surface area contributed by atoms with Crippen molar-refractivity contribution in [2.75, 3.05) is 39.3 Å². The molecule has 7 heteroatoms. The average molecular weight is 394 g/mol. The first kappa shape index (κ1) is 20.3. The largest absolute Gasteiger partial charge is 0.339 e. The number of sulfonamides is 1. The second-order valence-electron chi connectivity index (χ2n) is 7.47. The lowest BCUT2D eigenvalue weighted by Crippen LogP contribution is -2.53. The topological polar surface area (TPSA) is 60.9 Å². The van der Waals surface area contributed by atoms with Crippen LogP contribution in [0.2, 0.25) is 0 Å². The second-order valence-corrected chi connectivity index (χ2v) is 9.36. The Bertz CT molecular complexity index is 709. The van der Waals surface area contributed by atoms with Gasteiger partial charge >= 0.3 is 0 Å². The Kier molecular flexibility index (Phi) is 6.89. The Morgan fingerprint density at radius 3 is 2.26 bits per heavy atom. The van der Waals surface area contributed by atoms with Crippen LogP contribution < -0.4 is 0 Å². The van der Waals surface area contributed by atoms with E-state index in [1.54, 1.807) is 24.3 Å². The molecule has 150 valence electrons. The molecule has 1 heterocycles. The molecule has 27 heavy (non-hydrogen) atoms. The van der Waals surface area contributed by atoms with E-state index in [0.717, 1.165) is 51.7 Å². The predicted octanol–water partition coefficient (Wildman–Crippen LogP) is 2.17. The van der Waals surface area contributed by atoms with Crippen molar-refractivity contribution in [2.24, 2.45) is 0 Å². The molecule has 0 unspecified atom stereocenters. The van der Waals surface area contributed by atoms with Crippen molar-refractivity contribution in [3.05, 3.63) is 30.3 Å². The van der Waals surface area contributed by atoms with E-state index in [-0.39, 0.29) is 23.4 Å². The summed E-state index contributed by atoms with van der Waals surface area (Å²) in [6, 6.07) is 8.44. The fraction of sp³-hybridized carbons (Fsp3) is 0.650. The number of carbonyl (C=O) groups excluding carboxylic acids is 1. The van der Waals surface area contributed by atoms with Gasteiger partial charge in [0.2, 0.25) is 15.9 Å². The standard InChI is InChI=1S/C20H31N3O3S/c1-2-21-13-15-22(16-14-21)20(24)17-23(18-9-5-3-6-10-18)27(25,26)19-11-7-4-8-12-19/h4,7-8,11-12,18H,2-3,5-6,9-10,13-17H2,1H3. The molecule has 0 bridgehead atoms. The van der Waals surface area contributed by atoms with E-state index in [0.29, 0.717) is 13.1 Å². The molecular weight excluding hydrogens is 362 g/mol. The molecule has 2 aliphatic rings. The number of hydrogen-bond acceptors (Lipinski definition) is 4. The number of amides is 1. The second kappa shape index (κ2) is 9.17. The van der Waals surface area contributed by atoms with Crippen LogP contribution in [-0.2, 0) is 14.8 Å². The quantitative estimate of drug-likeness (QED) is 0.743. The van der Waals surface area contributed by atoms with Crippen molar-refractivity contribution < 1.29 is 13.2 Å². The highest BCUT2D eigenvalue weighted by Gasteiger charge is 2.35. The van der Waals surface area contributed by atoms with Crippen molar-refractivity contribution in [3.63, 3.8) is 0 Å². The number of benzene rings is 1. The number of hydrogen-bond donors (Lipinski definition) is 0. The molecule has 1 aromatic carbocycles. The van der Waals surface area contributed by atoms with Gasteiger partial charge in [-0.15, -0.1) is 0 Å². The summed E-state index contributed by atoms with van der Waals surface area (Å²) in [4.78, 5) is 17.3. The summed E-state index contributed by atoms with van der Waals surface area (Å²) in [5.74, 6) is -0.0733. The number of piperazine rings is 1. The van der Waals surface area contributed by atoms with Gasteiger partial charge < -0.3 is 9.80 Å². The van der Waals surface area contributed by atoms with Crippen LogP contribution >= 0.6 is 0 Å². The molecule has 1 saturated carbocycles. The fourth-order valence-electron chi connectivity index (χ4n) is 4.05. The summed E-state index contributed by atoms with van der Waals surface area (Å²) in [6.07, 6.45) is 4.86. The zero-order chi connectivity index (χ0) is 19.3. The van der Waals surface area contributed by atoms with E-state index in [9.17, 15) is 13.2 Å². The molecule has 0 aromatic heterocycles. The van der Waals surface area contributed by atoms with Crippen LogP contribution in [-0.4, -0.2) is 73.7 Å². The maximum atomic E-state index is 13.3. The third-order valence-electron chi connectivity index (χ3n) is 5.80. The maximum absolute atomic E-state index is 13.3. The Morgan fingerprint density at radius 2 is 1.67 bits per heavy atom. The first-order valence-electron chi connectivity index (χ1n) is 10.1. The summed E-state index contributed by atoms with van der Waals surface area (Å²) in [5.41, 5.74) is 0. The molecular formula is C20H31N3O3S. The average Bonchev–Trinajstić information content (AvgIpc) is 2.73. The van der Waals surface area contributed by atoms with Gasteiger partial charge in [-0.25, -0.2) is 8.42 Å². The van der Waals surface area contributed by atoms with E-state index in [1.807, 2.05) is 11.0 Å². The molecule has 1 aromatic rings. The number of nitrogens with zero attached hydrogens (tertiary/aromatic N) is 3. The summed E-state index contributed by atoms with van der Waals surface area (Å²) in [6.45, 7) is 6.13. The minimum Gasteiger partial charge on any atom is -0.339 e. The van der Waals surface area contributed by atoms with Gasteiger partial charge in [-0.3, -0.25) is 4.79 Å². The third kappa shape index (κ3) is 4.89. The fourth-order valence-corrected chi connectivity index (χ4v) is 5.71. The van der Waals surface area contributed by atoms with Gasteiger partial charge in [0, 0.05) is 32.2 Å². The monoisotopic (exact) mass is 393 g/mol. The number of rotatable bonds is 6. The first-order chi connectivity index (χ1) is 13.0. The lowest BCUT2D eigenvalue weighted by atomic mass is 9.95. The Labute approximate surface area is 163 Å². The number of likely N-dealkylation sites (N-methyl/N-ethyl adjacent to an activating group) is 1. The van der Waals surface area contributed by atoms with E-state index in [4.69, 9.17) is 0 Å². The molecule has 1 aliphatic carbocycles. The molecule has 0 spiro atoms. The maximum Gasteiger partial charge on any atom is 0.243 e. The van der Waals surface area contributed by atoms with Gasteiger partial charge in [-0.1, -0.05) is 44.4 Å². The lowest BCUT2D eigenvalue weighted by molar-refractivity contribution is -0.133. The van der Waals surface area contributed by atoms with E-state index in [1.165, 1.54) is 4.31 Å². The van der Waals surface area contributed by atoms with Crippen LogP contribution in [0.25, 0.3) is 0 Å². The minimum atomic E-state index is -3.67. The van der Waals surface area contributed by atoms with Gasteiger partial charge in [0.25, 0.3) is 0 Å². The van der Waals surface area contributed by atoms with E-state index < -0.39 is 10.0 Å². The molecule has 1 aliphatic heterocycles. The number of carbonyl (C=O) groups is 1. The highest BCUT2D eigenvalue weighted by molar-refractivity contribution is 7.89. The van der Waals surface area contributed by atoms with Crippen LogP contribution in [0.4, 0.5) is 0 Å². The highest BCUT2D eigenvalue weighted by atomic mass is 32.2. The molecule has 0 atom stereocenters. The van der Waals surface area contributed by atoms with Gasteiger partial charge in [0.1, 0.15) is 0 Å². The van der Waals surface area contributed by atoms with Crippen LogP contribution in [0, 0.1) is 0 Å². The minimum absolute atomic E-state index is 0.0476. The van der Waals surface area contributed by atoms with Crippen molar-refractivity contribution in [1.29, 1.82) is 0 Å². The molecule has 1 amide bonds. The first-order valence-corrected chi connectivity index (χ1v) is 11.5. The molecule has 2 fully saturated rings. The van der Waals surface area contributed by atoms with E-state index >= 15 is 0 Å². The zero-order valence-electron chi connectivity index (χ0n) is 16.2. The predicted molar refractivity (Wildman–Crippen MR) is 106 cm³/mol. The summed E-state index contributed by atoms with van der Waals surface area (Å²) in [5, 5.41) is 0. The molecule has 6 nitrogen and oxygen atoms in total. The van der Waals surface area contributed by atoms with Gasteiger partial charge in [-0.05, 0) is 31.5 Å². The van der Waals surface area contributed by atoms with Gasteiger partial charge in [0.05, 0.1) is 11.4 Å². The summed E-state index contributed by atoms with van der Waals surface area (Å²) < 4.78 is 28.1. The molecule has 0 N–H and O–H groups in total. The van der Waals surface area contributed by atoms with E-state index in [2.05, 4.69) is 11.8 Å². The van der Waals surface area contributed by atoms with Crippen molar-refractivity contribution in [2.45, 2.75) is 50.0 Å². The smallest absolute Gasteiger partial charge is 0.243 e. The third-order valence-corrected chi connectivity index (χ3v) is 7.71. The van der Waals surface area contributed by atoms with Crippen molar-refractivity contribution in [3.8, 4) is 0 Å². The summed E-state index contributed by atoms with van der Waals surface area (Å²) >= 11 is 0. The van der Waals surface area contributed by atoms with Crippen LogP contribution in [0.3, 0.4) is 0 Å². The SMILES string of the molecule is CCN1CCN(C(=O)CN(C2CCCCC2)S(=O)(=O)c2ccccc2)CC1. The van der Waals surface area contributed by atoms with Gasteiger partial charge in [-0.2, -0.15) is 4.31 Å². The lowest BCUT2D eigenvalue weighted by Gasteiger charge is -2.37. The van der Waals surface area contributed by atoms with Crippen LogP contribution in [0.5, 0.6) is 0 Å².